The highest BCUT2D eigenvalue weighted by atomic mass is 16.5. The van der Waals surface area contributed by atoms with Crippen molar-refractivity contribution in [2.24, 2.45) is 11.5 Å². The molecule has 0 aromatic heterocycles. The van der Waals surface area contributed by atoms with E-state index in [1.54, 1.807) is 0 Å². The van der Waals surface area contributed by atoms with Crippen molar-refractivity contribution >= 4 is 11.4 Å². The first kappa shape index (κ1) is 29.0. The average Bonchev–Trinajstić information content (AvgIpc) is 3.05. The van der Waals surface area contributed by atoms with Crippen LogP contribution in [-0.4, -0.2) is 0 Å². The summed E-state index contributed by atoms with van der Waals surface area (Å²) < 4.78 is 11.7. The summed E-state index contributed by atoms with van der Waals surface area (Å²) in [4.78, 5) is 0. The minimum atomic E-state index is -0.914. The van der Waals surface area contributed by atoms with E-state index in [4.69, 9.17) is 32.4 Å². The third-order valence-electron chi connectivity index (χ3n) is 6.78. The predicted molar refractivity (Wildman–Crippen MR) is 176 cm³/mol. The number of nitrogens with two attached hydrogens (primary N) is 4. The third kappa shape index (κ3) is 7.80. The van der Waals surface area contributed by atoms with Crippen LogP contribution in [0.3, 0.4) is 0 Å². The Morgan fingerprint density at radius 3 is 0.930 bits per heavy atom. The van der Waals surface area contributed by atoms with E-state index in [-0.39, 0.29) is 0 Å². The van der Waals surface area contributed by atoms with Crippen LogP contribution in [0.5, 0.6) is 23.0 Å². The molecule has 8 N–H and O–H groups in total. The second-order valence-corrected chi connectivity index (χ2v) is 9.99. The van der Waals surface area contributed by atoms with Gasteiger partial charge in [0, 0.05) is 11.4 Å². The first-order valence-corrected chi connectivity index (χ1v) is 13.8. The van der Waals surface area contributed by atoms with Crippen molar-refractivity contribution in [1.29, 1.82) is 0 Å². The van der Waals surface area contributed by atoms with Gasteiger partial charge in [-0.25, -0.2) is 0 Å². The summed E-state index contributed by atoms with van der Waals surface area (Å²) >= 11 is 0. The van der Waals surface area contributed by atoms with Crippen molar-refractivity contribution < 1.29 is 9.47 Å². The van der Waals surface area contributed by atoms with Gasteiger partial charge in [-0.15, -0.1) is 0 Å². The van der Waals surface area contributed by atoms with E-state index >= 15 is 0 Å². The fourth-order valence-corrected chi connectivity index (χ4v) is 4.37. The Labute approximate surface area is 252 Å². The van der Waals surface area contributed by atoms with Gasteiger partial charge >= 0.3 is 0 Å². The topological polar surface area (TPSA) is 123 Å². The van der Waals surface area contributed by atoms with Crippen LogP contribution in [0.2, 0.25) is 0 Å². The van der Waals surface area contributed by atoms with Gasteiger partial charge in [0.05, 0.1) is 0 Å². The number of benzene rings is 6. The van der Waals surface area contributed by atoms with E-state index in [1.807, 2.05) is 158 Å². The molecule has 0 aliphatic heterocycles. The number of hydrogen-bond acceptors (Lipinski definition) is 6. The summed E-state index contributed by atoms with van der Waals surface area (Å²) in [6.45, 7) is 0. The highest BCUT2D eigenvalue weighted by Crippen LogP contribution is 2.29. The molecule has 0 fully saturated rings. The molecule has 6 rings (SSSR count). The zero-order valence-electron chi connectivity index (χ0n) is 23.6. The van der Waals surface area contributed by atoms with Crippen LogP contribution in [0.1, 0.15) is 11.1 Å². The van der Waals surface area contributed by atoms with Crippen molar-refractivity contribution in [3.05, 3.63) is 169 Å². The second-order valence-electron chi connectivity index (χ2n) is 9.99. The summed E-state index contributed by atoms with van der Waals surface area (Å²) in [5, 5.41) is 0. The van der Waals surface area contributed by atoms with E-state index in [9.17, 15) is 0 Å². The number of ether oxygens (including phenoxy) is 2. The molecule has 6 nitrogen and oxygen atoms in total. The third-order valence-corrected chi connectivity index (χ3v) is 6.78. The van der Waals surface area contributed by atoms with Crippen LogP contribution < -0.4 is 32.4 Å². The summed E-state index contributed by atoms with van der Waals surface area (Å²) in [7, 11) is 0. The lowest BCUT2D eigenvalue weighted by Crippen LogP contribution is -2.46. The summed E-state index contributed by atoms with van der Waals surface area (Å²) in [6, 6.07) is 50.0. The van der Waals surface area contributed by atoms with Gasteiger partial charge in [0.1, 0.15) is 28.7 Å². The second kappa shape index (κ2) is 13.4. The minimum absolute atomic E-state index is 0.714. The molecule has 6 aromatic rings. The molecule has 0 aliphatic carbocycles. The molecule has 6 heteroatoms. The summed E-state index contributed by atoms with van der Waals surface area (Å²) in [5.74, 6) is 3.06. The van der Waals surface area contributed by atoms with E-state index in [2.05, 4.69) is 0 Å². The molecule has 0 unspecified atom stereocenters. The molecule has 0 saturated carbocycles. The molecule has 0 aliphatic rings. The monoisotopic (exact) mass is 566 g/mol. The molecule has 0 spiro atoms. The number of anilines is 2. The van der Waals surface area contributed by atoms with Crippen molar-refractivity contribution in [3.8, 4) is 34.1 Å². The summed E-state index contributed by atoms with van der Waals surface area (Å²) in [5.41, 5.74) is 28.2. The average molecular weight is 567 g/mol. The van der Waals surface area contributed by atoms with Crippen LogP contribution in [0.4, 0.5) is 11.4 Å². The highest BCUT2D eigenvalue weighted by Gasteiger charge is 2.23. The minimum Gasteiger partial charge on any atom is -0.457 e. The van der Waals surface area contributed by atoms with Gasteiger partial charge in [-0.2, -0.15) is 0 Å². The van der Waals surface area contributed by atoms with Crippen LogP contribution in [-0.2, 0) is 5.66 Å². The van der Waals surface area contributed by atoms with Crippen molar-refractivity contribution in [2.45, 2.75) is 5.66 Å². The zero-order valence-corrected chi connectivity index (χ0v) is 23.6. The predicted octanol–water partition coefficient (Wildman–Crippen LogP) is 7.91. The maximum atomic E-state index is 6.14. The molecule has 0 radical (unpaired) electrons. The largest absolute Gasteiger partial charge is 0.457 e. The summed E-state index contributed by atoms with van der Waals surface area (Å²) in [6.07, 6.45) is 0. The Balaban J connectivity index is 0.000000207. The molecular weight excluding hydrogens is 532 g/mol. The SMILES string of the molecule is NC(N)(c1ccccc1)c1ccccc1.Nc1ccc(Oc2ccc(-c3ccc(Oc4ccc(N)cc4)cc3)cc2)cc1. The van der Waals surface area contributed by atoms with Crippen LogP contribution in [0.25, 0.3) is 11.1 Å². The molecule has 0 heterocycles. The maximum absolute atomic E-state index is 6.14. The Kier molecular flexibility index (Phi) is 9.02. The van der Waals surface area contributed by atoms with E-state index < -0.39 is 5.66 Å². The lowest BCUT2D eigenvalue weighted by atomic mass is 9.93. The van der Waals surface area contributed by atoms with Crippen molar-refractivity contribution in [3.63, 3.8) is 0 Å². The lowest BCUT2D eigenvalue weighted by molar-refractivity contribution is 0.482. The molecular formula is C37H34N4O2. The Hall–Kier alpha value is -5.56. The molecule has 6 aromatic carbocycles. The fraction of sp³-hybridized carbons (Fsp3) is 0.0270. The molecule has 0 saturated heterocycles. The van der Waals surface area contributed by atoms with Crippen LogP contribution in [0, 0.1) is 0 Å². The fourth-order valence-electron chi connectivity index (χ4n) is 4.37. The first-order valence-electron chi connectivity index (χ1n) is 13.8. The lowest BCUT2D eigenvalue weighted by Gasteiger charge is -2.25. The maximum Gasteiger partial charge on any atom is 0.127 e. The van der Waals surface area contributed by atoms with Gasteiger partial charge < -0.3 is 32.4 Å². The zero-order chi connectivity index (χ0) is 30.1. The molecule has 0 bridgehead atoms. The number of hydrogen-bond donors (Lipinski definition) is 4. The normalized spacial score (nSPS) is 10.7. The molecule has 214 valence electrons. The molecule has 0 amide bonds. The van der Waals surface area contributed by atoms with Crippen molar-refractivity contribution in [1.82, 2.24) is 0 Å². The van der Waals surface area contributed by atoms with Crippen LogP contribution in [0.15, 0.2) is 158 Å². The van der Waals surface area contributed by atoms with Gasteiger partial charge in [-0.3, -0.25) is 0 Å². The molecule has 0 atom stereocenters. The number of nitrogen functional groups attached to an aromatic ring is 2. The Morgan fingerprint density at radius 2 is 0.628 bits per heavy atom. The smallest absolute Gasteiger partial charge is 0.127 e. The van der Waals surface area contributed by atoms with Gasteiger partial charge in [-0.1, -0.05) is 84.9 Å². The quantitative estimate of drug-likeness (QED) is 0.115. The van der Waals surface area contributed by atoms with Gasteiger partial charge in [0.25, 0.3) is 0 Å². The van der Waals surface area contributed by atoms with Gasteiger partial charge in [-0.05, 0) is 95.1 Å². The Bertz CT molecular complexity index is 1570. The van der Waals surface area contributed by atoms with E-state index in [0.29, 0.717) is 11.4 Å². The Morgan fingerprint density at radius 1 is 0.349 bits per heavy atom. The molecule has 43 heavy (non-hydrogen) atoms. The van der Waals surface area contributed by atoms with Gasteiger partial charge in [0.15, 0.2) is 0 Å². The highest BCUT2D eigenvalue weighted by molar-refractivity contribution is 5.65. The van der Waals surface area contributed by atoms with E-state index in [1.165, 1.54) is 0 Å². The standard InChI is InChI=1S/C24H20N2O2.C13H14N2/c25-19-5-13-23(14-6-19)27-21-9-1-17(2-10-21)18-3-11-22(12-4-18)28-24-15-7-20(26)8-16-24;14-13(15,11-7-3-1-4-8-11)12-9-5-2-6-10-12/h1-16H,25-26H2;1-10H,14-15H2. The van der Waals surface area contributed by atoms with Crippen molar-refractivity contribution in [2.75, 3.05) is 11.5 Å². The van der Waals surface area contributed by atoms with Gasteiger partial charge in [0.2, 0.25) is 0 Å². The first-order chi connectivity index (χ1) is 20.9. The van der Waals surface area contributed by atoms with E-state index in [0.717, 1.165) is 45.3 Å². The van der Waals surface area contributed by atoms with Crippen LogP contribution >= 0.6 is 0 Å². The number of rotatable bonds is 7.